The molecule has 1 aliphatic carbocycles. The summed E-state index contributed by atoms with van der Waals surface area (Å²) < 4.78 is 0. The summed E-state index contributed by atoms with van der Waals surface area (Å²) >= 11 is 0. The summed E-state index contributed by atoms with van der Waals surface area (Å²) in [4.78, 5) is 8.88. The number of allylic oxidation sites excluding steroid dienone is 4. The summed E-state index contributed by atoms with van der Waals surface area (Å²) in [6.07, 6.45) is 8.74. The first-order valence-electron chi connectivity index (χ1n) is 7.03. The third-order valence-electron chi connectivity index (χ3n) is 3.94. The van der Waals surface area contributed by atoms with Gasteiger partial charge in [0, 0.05) is 11.3 Å². The highest BCUT2D eigenvalue weighted by Crippen LogP contribution is 2.24. The van der Waals surface area contributed by atoms with Crippen LogP contribution in [-0.4, -0.2) is 17.8 Å². The third kappa shape index (κ3) is 2.53. The van der Waals surface area contributed by atoms with Crippen molar-refractivity contribution in [2.24, 2.45) is 5.92 Å². The first-order valence-corrected chi connectivity index (χ1v) is 7.03. The van der Waals surface area contributed by atoms with Gasteiger partial charge in [0.2, 0.25) is 0 Å². The molecule has 3 heteroatoms. The van der Waals surface area contributed by atoms with Gasteiger partial charge in [0.15, 0.2) is 0 Å². The van der Waals surface area contributed by atoms with Crippen molar-refractivity contribution in [3.8, 4) is 0 Å². The van der Waals surface area contributed by atoms with Crippen LogP contribution in [0.5, 0.6) is 0 Å². The van der Waals surface area contributed by atoms with Gasteiger partial charge in [0.25, 0.3) is 0 Å². The number of nitrogens with zero attached hydrogens (tertiary/aromatic N) is 2. The van der Waals surface area contributed by atoms with E-state index in [1.807, 2.05) is 13.0 Å². The molecule has 0 N–H and O–H groups in total. The summed E-state index contributed by atoms with van der Waals surface area (Å²) in [5, 5.41) is 0. The lowest BCUT2D eigenvalue weighted by Gasteiger charge is -2.09. The molecule has 20 heavy (non-hydrogen) atoms. The van der Waals surface area contributed by atoms with Crippen molar-refractivity contribution >= 4 is 24.5 Å². The van der Waals surface area contributed by atoms with Crippen molar-refractivity contribution in [1.29, 1.82) is 0 Å². The normalized spacial score (nSPS) is 17.7. The van der Waals surface area contributed by atoms with Gasteiger partial charge in [-0.15, -0.1) is 0 Å². The van der Waals surface area contributed by atoms with Crippen molar-refractivity contribution in [3.05, 3.63) is 53.3 Å². The molecule has 0 bridgehead atoms. The molecule has 1 aliphatic rings. The molecule has 0 aliphatic heterocycles. The fraction of sp³-hybridized carbons (Fsp3) is 0.294. The van der Waals surface area contributed by atoms with E-state index in [4.69, 9.17) is 7.85 Å². The number of benzene rings is 1. The van der Waals surface area contributed by atoms with E-state index in [0.29, 0.717) is 11.5 Å². The molecule has 0 saturated heterocycles. The van der Waals surface area contributed by atoms with Gasteiger partial charge in [0.1, 0.15) is 7.85 Å². The highest BCUT2D eigenvalue weighted by molar-refractivity contribution is 6.31. The Morgan fingerprint density at radius 2 is 2.00 bits per heavy atom. The van der Waals surface area contributed by atoms with Crippen LogP contribution in [0.4, 0.5) is 0 Å². The number of fused-ring (bicyclic) bond motifs is 1. The standard InChI is InChI=1S/C17H17BN2/c1-11-4-3-5-14(11)8-6-13-7-9-15-16(10-13)20-17(18)12(2)19-15/h3-5,7,9-11H,6,8H2,1-2H3. The summed E-state index contributed by atoms with van der Waals surface area (Å²) in [6.45, 7) is 4.13. The lowest BCUT2D eigenvalue weighted by Crippen LogP contribution is -2.14. The van der Waals surface area contributed by atoms with Gasteiger partial charge >= 0.3 is 0 Å². The fourth-order valence-corrected chi connectivity index (χ4v) is 2.58. The Hall–Kier alpha value is -1.90. The molecule has 0 amide bonds. The average molecular weight is 260 g/mol. The SMILES string of the molecule is [B]c1nc2cc(CCC3=CC=CC3C)ccc2nc1C. The molecule has 1 aromatic carbocycles. The topological polar surface area (TPSA) is 25.8 Å². The maximum Gasteiger partial charge on any atom is 0.144 e. The maximum absolute atomic E-state index is 5.84. The smallest absolute Gasteiger partial charge is 0.144 e. The number of rotatable bonds is 3. The molecule has 1 unspecified atom stereocenters. The molecule has 3 rings (SSSR count). The van der Waals surface area contributed by atoms with Crippen LogP contribution in [0.15, 0.2) is 42.0 Å². The molecule has 0 spiro atoms. The Bertz CT molecular complexity index is 716. The lowest BCUT2D eigenvalue weighted by atomic mass is 9.97. The quantitative estimate of drug-likeness (QED) is 0.793. The number of hydrogen-bond acceptors (Lipinski definition) is 2. The molecule has 98 valence electrons. The third-order valence-corrected chi connectivity index (χ3v) is 3.94. The molecule has 2 aromatic rings. The van der Waals surface area contributed by atoms with Crippen LogP contribution in [0.25, 0.3) is 11.0 Å². The number of aryl methyl sites for hydroxylation is 2. The minimum absolute atomic E-state index is 0.519. The second-order valence-electron chi connectivity index (χ2n) is 5.43. The molecular weight excluding hydrogens is 243 g/mol. The predicted molar refractivity (Wildman–Crippen MR) is 84.4 cm³/mol. The Morgan fingerprint density at radius 3 is 2.75 bits per heavy atom. The van der Waals surface area contributed by atoms with E-state index in [0.717, 1.165) is 29.6 Å². The van der Waals surface area contributed by atoms with E-state index in [1.165, 1.54) is 11.1 Å². The van der Waals surface area contributed by atoms with Crippen molar-refractivity contribution in [1.82, 2.24) is 9.97 Å². The van der Waals surface area contributed by atoms with Gasteiger partial charge in [-0.3, -0.25) is 9.97 Å². The Kier molecular flexibility index (Phi) is 3.43. The molecule has 0 fully saturated rings. The molecule has 2 radical (unpaired) electrons. The Labute approximate surface area is 121 Å². The zero-order valence-electron chi connectivity index (χ0n) is 11.9. The van der Waals surface area contributed by atoms with Gasteiger partial charge in [-0.2, -0.15) is 0 Å². The zero-order chi connectivity index (χ0) is 14.1. The lowest BCUT2D eigenvalue weighted by molar-refractivity contribution is 0.787. The summed E-state index contributed by atoms with van der Waals surface area (Å²) in [5.74, 6) is 0.577. The van der Waals surface area contributed by atoms with Crippen molar-refractivity contribution in [2.75, 3.05) is 0 Å². The Morgan fingerprint density at radius 1 is 1.15 bits per heavy atom. The number of hydrogen-bond donors (Lipinski definition) is 0. The first kappa shape index (κ1) is 13.1. The number of aromatic nitrogens is 2. The average Bonchev–Trinajstić information content (AvgIpc) is 2.83. The second-order valence-corrected chi connectivity index (χ2v) is 5.43. The highest BCUT2D eigenvalue weighted by Gasteiger charge is 2.09. The van der Waals surface area contributed by atoms with E-state index in [2.05, 4.69) is 47.3 Å². The molecule has 1 aromatic heterocycles. The van der Waals surface area contributed by atoms with Crippen LogP contribution in [0.3, 0.4) is 0 Å². The highest BCUT2D eigenvalue weighted by atomic mass is 14.8. The Balaban J connectivity index is 1.81. The van der Waals surface area contributed by atoms with Crippen LogP contribution in [0.1, 0.15) is 24.6 Å². The van der Waals surface area contributed by atoms with E-state index in [1.54, 1.807) is 0 Å². The minimum atomic E-state index is 0.519. The molecule has 0 saturated carbocycles. The fourth-order valence-electron chi connectivity index (χ4n) is 2.58. The van der Waals surface area contributed by atoms with Gasteiger partial charge in [-0.25, -0.2) is 0 Å². The maximum atomic E-state index is 5.84. The van der Waals surface area contributed by atoms with E-state index >= 15 is 0 Å². The minimum Gasteiger partial charge on any atom is -0.261 e. The summed E-state index contributed by atoms with van der Waals surface area (Å²) in [6, 6.07) is 6.28. The first-order chi connectivity index (χ1) is 9.63. The van der Waals surface area contributed by atoms with Crippen LogP contribution < -0.4 is 5.59 Å². The van der Waals surface area contributed by atoms with Gasteiger partial charge in [-0.05, 0) is 43.4 Å². The van der Waals surface area contributed by atoms with Crippen molar-refractivity contribution in [3.63, 3.8) is 0 Å². The van der Waals surface area contributed by atoms with Crippen LogP contribution in [0, 0.1) is 12.8 Å². The summed E-state index contributed by atoms with van der Waals surface area (Å²) in [7, 11) is 5.84. The van der Waals surface area contributed by atoms with Crippen molar-refractivity contribution < 1.29 is 0 Å². The molecule has 1 heterocycles. The largest absolute Gasteiger partial charge is 0.261 e. The van der Waals surface area contributed by atoms with Gasteiger partial charge in [-0.1, -0.05) is 36.8 Å². The van der Waals surface area contributed by atoms with Crippen LogP contribution >= 0.6 is 0 Å². The second kappa shape index (κ2) is 5.24. The molecular formula is C17H17BN2. The summed E-state index contributed by atoms with van der Waals surface area (Å²) in [5.41, 5.74) is 5.90. The van der Waals surface area contributed by atoms with E-state index in [-0.39, 0.29) is 0 Å². The predicted octanol–water partition coefficient (Wildman–Crippen LogP) is 2.80. The van der Waals surface area contributed by atoms with Crippen LogP contribution in [0.2, 0.25) is 0 Å². The van der Waals surface area contributed by atoms with Gasteiger partial charge in [0.05, 0.1) is 11.0 Å². The van der Waals surface area contributed by atoms with E-state index < -0.39 is 0 Å². The van der Waals surface area contributed by atoms with Gasteiger partial charge < -0.3 is 0 Å². The molecule has 1 atom stereocenters. The van der Waals surface area contributed by atoms with Crippen molar-refractivity contribution in [2.45, 2.75) is 26.7 Å². The van der Waals surface area contributed by atoms with Crippen LogP contribution in [-0.2, 0) is 6.42 Å². The monoisotopic (exact) mass is 260 g/mol. The molecule has 2 nitrogen and oxygen atoms in total. The van der Waals surface area contributed by atoms with E-state index in [9.17, 15) is 0 Å². The zero-order valence-corrected chi connectivity index (χ0v) is 11.9.